The van der Waals surface area contributed by atoms with Crippen LogP contribution in [-0.4, -0.2) is 74.9 Å². The van der Waals surface area contributed by atoms with Gasteiger partial charge in [0.25, 0.3) is 11.8 Å². The van der Waals surface area contributed by atoms with Gasteiger partial charge in [-0.05, 0) is 180 Å². The molecule has 27 heteroatoms. The molecule has 12 aromatic rings. The summed E-state index contributed by atoms with van der Waals surface area (Å²) >= 11 is 18.1. The average Bonchev–Trinajstić information content (AvgIpc) is 0.824. The molecule has 0 unspecified atom stereocenters. The lowest BCUT2D eigenvalue weighted by Gasteiger charge is -2.10. The van der Waals surface area contributed by atoms with Gasteiger partial charge in [-0.1, -0.05) is 34.8 Å². The number of aryl methyl sites for hydroxylation is 3. The summed E-state index contributed by atoms with van der Waals surface area (Å²) in [7, 11) is -1.00. The first-order valence-electron chi connectivity index (χ1n) is 30.6. The van der Waals surface area contributed by atoms with E-state index in [2.05, 4.69) is 73.7 Å². The molecule has 100 heavy (non-hydrogen) atoms. The van der Waals surface area contributed by atoms with Gasteiger partial charge in [-0.25, -0.2) is 19.7 Å². The number of carboxylic acid groups (broad SMARTS) is 1. The lowest BCUT2D eigenvalue weighted by molar-refractivity contribution is 0.0696. The second kappa shape index (κ2) is 35.9. The molecule has 0 radical (unpaired) electrons. The molecule has 11 N–H and O–H groups in total. The maximum Gasteiger partial charge on any atom is 0.335 e. The number of nitrogens with one attached hydrogen (secondary N) is 2. The molecule has 0 spiro atoms. The maximum atomic E-state index is 12.7. The Kier molecular flexibility index (Phi) is 26.6. The third-order valence-electron chi connectivity index (χ3n) is 15.0. The van der Waals surface area contributed by atoms with Crippen molar-refractivity contribution in [3.8, 4) is 18.2 Å². The quantitative estimate of drug-likeness (QED) is 0.0531. The van der Waals surface area contributed by atoms with E-state index in [4.69, 9.17) is 64.2 Å². The number of nitrogens with two attached hydrogens (primary N) is 4. The summed E-state index contributed by atoms with van der Waals surface area (Å²) in [6.07, 6.45) is 15.6. The SMILES string of the molecule is Cc1cc(N)ncc1CN.Cc1cc(N)ncc1CNC(=O)c1ccnc(Cc2cc(C#N)c3ncc(Cl)cc3c2)c1.Cc1cc(N)ncc1CNC(=O)c1ccnc(Cc2cc(C#N)c3ncc(Cl)cc3c2)c1.Cl.N#Cc1cc(Cc2cc(C(=O)O)ccn2)cc2cc(Cl)cnc12.[2H]CF. The summed E-state index contributed by atoms with van der Waals surface area (Å²) < 4.78 is 15.5. The number of carbonyl (C=O) groups excluding carboxylic acids is 2. The number of pyridine rings is 9. The van der Waals surface area contributed by atoms with Crippen molar-refractivity contribution < 1.29 is 25.3 Å². The maximum absolute atomic E-state index is 12.7. The zero-order valence-corrected chi connectivity index (χ0v) is 56.9. The zero-order chi connectivity index (χ0) is 72.0. The minimum absolute atomic E-state index is 0. The van der Waals surface area contributed by atoms with E-state index in [0.717, 1.165) is 66.2 Å². The Morgan fingerprint density at radius 1 is 0.480 bits per heavy atom. The number of nitrogens with zero attached hydrogens (tertiary/aromatic N) is 12. The van der Waals surface area contributed by atoms with Gasteiger partial charge in [-0.2, -0.15) is 15.8 Å². The second-order valence-corrected chi connectivity index (χ2v) is 23.4. The van der Waals surface area contributed by atoms with Gasteiger partial charge in [0.15, 0.2) is 0 Å². The molecular formula is C73H63Cl4FN18O4. The van der Waals surface area contributed by atoms with Crippen molar-refractivity contribution in [3.63, 3.8) is 0 Å². The number of hydrogen-bond donors (Lipinski definition) is 7. The Labute approximate surface area is 596 Å². The van der Waals surface area contributed by atoms with Gasteiger partial charge in [-0.3, -0.25) is 43.9 Å². The minimum Gasteiger partial charge on any atom is -0.478 e. The summed E-state index contributed by atoms with van der Waals surface area (Å²) in [4.78, 5) is 74.1. The van der Waals surface area contributed by atoms with Crippen molar-refractivity contribution in [2.75, 3.05) is 24.4 Å². The molecule has 9 heterocycles. The molecule has 2 amide bonds. The van der Waals surface area contributed by atoms with E-state index in [1.54, 1.807) is 104 Å². The van der Waals surface area contributed by atoms with E-state index in [9.17, 15) is 34.6 Å². The van der Waals surface area contributed by atoms with Crippen LogP contribution in [0.3, 0.4) is 0 Å². The van der Waals surface area contributed by atoms with Gasteiger partial charge in [0.2, 0.25) is 0 Å². The minimum atomic E-state index is -1.00. The monoisotopic (exact) mass is 1420 g/mol. The van der Waals surface area contributed by atoms with Crippen molar-refractivity contribution in [2.45, 2.75) is 59.7 Å². The molecule has 0 aliphatic carbocycles. The fraction of sp³-hybridized carbons (Fsp3) is 0.137. The number of benzene rings is 3. The second-order valence-electron chi connectivity index (χ2n) is 22.1. The Bertz CT molecular complexity index is 4960. The Morgan fingerprint density at radius 3 is 1.09 bits per heavy atom. The number of carbonyl (C=O) groups is 3. The third-order valence-corrected chi connectivity index (χ3v) is 15.6. The standard InChI is InChI=1S/2C24H19ClN6O.C17H10ClN3O2.C7H11N3.CH3F.ClH/c2*1-14-4-22(27)29-11-19(14)12-31-24(32)16-2-3-28-21(9-16)7-15-5-17-8-20(25)13-30-23(17)18(6-15)10-26;18-14-6-12-3-10(4-13(8-19)16(12)21-9-14)5-15-7-11(17(22)23)1-2-20-15;1-5-2-7(9)10-4-6(5)3-8;1-2;/h2*2-6,8-9,11,13H,7,12H2,1H3,(H2,27,29)(H,31,32);1-4,6-7,9H,5H2,(H,22,23);2,4H,3,8H2,1H3,(H2,9,10);1H3;1H/i;;;;1D;. The molecule has 0 saturated carbocycles. The van der Waals surface area contributed by atoms with Gasteiger partial charge < -0.3 is 38.7 Å². The number of alkyl halides is 1. The van der Waals surface area contributed by atoms with E-state index < -0.39 is 13.1 Å². The zero-order valence-electron chi connectivity index (χ0n) is 54.8. The van der Waals surface area contributed by atoms with Crippen LogP contribution < -0.4 is 33.6 Å². The summed E-state index contributed by atoms with van der Waals surface area (Å²) in [5.41, 5.74) is 37.1. The summed E-state index contributed by atoms with van der Waals surface area (Å²) in [6, 6.07) is 38.0. The summed E-state index contributed by atoms with van der Waals surface area (Å²) in [6.45, 7) is 7.04. The topological polar surface area (TPSA) is 387 Å². The first kappa shape index (κ1) is 73.9. The van der Waals surface area contributed by atoms with Gasteiger partial charge in [0.05, 0.1) is 62.4 Å². The number of fused-ring (bicyclic) bond motifs is 3. The Balaban J connectivity index is 0.000000196. The molecule has 12 rings (SSSR count). The summed E-state index contributed by atoms with van der Waals surface area (Å²) in [5, 5.41) is 47.0. The van der Waals surface area contributed by atoms with Gasteiger partial charge >= 0.3 is 5.97 Å². The van der Waals surface area contributed by atoms with Gasteiger partial charge in [-0.15, -0.1) is 12.4 Å². The number of amides is 2. The van der Waals surface area contributed by atoms with E-state index in [0.29, 0.717) is 133 Å². The molecule has 0 atom stereocenters. The third kappa shape index (κ3) is 20.6. The van der Waals surface area contributed by atoms with Crippen molar-refractivity contribution in [1.82, 2.24) is 55.5 Å². The van der Waals surface area contributed by atoms with Crippen molar-refractivity contribution in [2.24, 2.45) is 5.73 Å². The van der Waals surface area contributed by atoms with Crippen LogP contribution in [0.15, 0.2) is 165 Å². The predicted octanol–water partition coefficient (Wildman–Crippen LogP) is 12.8. The van der Waals surface area contributed by atoms with E-state index in [1.165, 1.54) is 36.9 Å². The van der Waals surface area contributed by atoms with Crippen molar-refractivity contribution in [3.05, 3.63) is 281 Å². The molecule has 22 nitrogen and oxygen atoms in total. The van der Waals surface area contributed by atoms with Crippen LogP contribution in [-0.2, 0) is 38.9 Å². The van der Waals surface area contributed by atoms with E-state index >= 15 is 0 Å². The molecule has 504 valence electrons. The van der Waals surface area contributed by atoms with Crippen LogP contribution in [0.2, 0.25) is 15.1 Å². The van der Waals surface area contributed by atoms with Crippen LogP contribution in [0, 0.1) is 54.8 Å². The predicted molar refractivity (Wildman–Crippen MR) is 387 cm³/mol. The highest BCUT2D eigenvalue weighted by molar-refractivity contribution is 6.31. The molecule has 3 aromatic carbocycles. The molecule has 0 bridgehead atoms. The number of hydrogen-bond acceptors (Lipinski definition) is 19. The molecule has 9 aromatic heterocycles. The smallest absolute Gasteiger partial charge is 0.335 e. The molecule has 0 saturated heterocycles. The number of aromatic nitrogens is 9. The highest BCUT2D eigenvalue weighted by Gasteiger charge is 2.15. The number of rotatable bonds is 14. The molecule has 0 fully saturated rings. The van der Waals surface area contributed by atoms with Crippen LogP contribution in [0.25, 0.3) is 32.7 Å². The first-order chi connectivity index (χ1) is 48.1. The summed E-state index contributed by atoms with van der Waals surface area (Å²) in [5.74, 6) is 0.0232. The van der Waals surface area contributed by atoms with Crippen LogP contribution >= 0.6 is 47.2 Å². The molecule has 0 aliphatic heterocycles. The number of anilines is 3. The Hall–Kier alpha value is -11.9. The largest absolute Gasteiger partial charge is 0.478 e. The fourth-order valence-electron chi connectivity index (χ4n) is 10.1. The normalized spacial score (nSPS) is 10.4. The van der Waals surface area contributed by atoms with Crippen LogP contribution in [0.5, 0.6) is 0 Å². The highest BCUT2D eigenvalue weighted by atomic mass is 35.5. The highest BCUT2D eigenvalue weighted by Crippen LogP contribution is 2.27. The van der Waals surface area contributed by atoms with Gasteiger partial charge in [0.1, 0.15) is 35.7 Å². The van der Waals surface area contributed by atoms with Crippen LogP contribution in [0.4, 0.5) is 21.8 Å². The fourth-order valence-corrected chi connectivity index (χ4v) is 10.6. The van der Waals surface area contributed by atoms with Crippen molar-refractivity contribution in [1.29, 1.82) is 15.8 Å². The van der Waals surface area contributed by atoms with Crippen molar-refractivity contribution >= 4 is 115 Å². The lowest BCUT2D eigenvalue weighted by atomic mass is 10.0. The lowest BCUT2D eigenvalue weighted by Crippen LogP contribution is -2.23. The molecule has 0 aliphatic rings. The van der Waals surface area contributed by atoms with E-state index in [-0.39, 0.29) is 29.8 Å². The number of halogens is 5. The average molecular weight is 1420 g/mol. The van der Waals surface area contributed by atoms with E-state index in [1.807, 2.05) is 45.0 Å². The molecular weight excluding hydrogens is 1350 g/mol. The number of carboxylic acids is 1. The van der Waals surface area contributed by atoms with Crippen LogP contribution in [0.1, 0.15) is 116 Å². The van der Waals surface area contributed by atoms with Gasteiger partial charge in [0, 0.05) is 139 Å². The number of nitriles is 3. The number of aromatic carboxylic acids is 1. The first-order valence-corrected chi connectivity index (χ1v) is 31.0. The number of nitrogen functional groups attached to an aromatic ring is 3. The Morgan fingerprint density at radius 2 is 0.790 bits per heavy atom.